The van der Waals surface area contributed by atoms with Crippen LogP contribution < -0.4 is 16.2 Å². The molecule has 3 rings (SSSR count). The molecule has 0 atom stereocenters. The lowest BCUT2D eigenvalue weighted by molar-refractivity contribution is -0.138. The fraction of sp³-hybridized carbons (Fsp3) is 0.762. The van der Waals surface area contributed by atoms with Crippen molar-refractivity contribution in [2.45, 2.75) is 77.8 Å². The molecule has 33 heavy (non-hydrogen) atoms. The van der Waals surface area contributed by atoms with Crippen LogP contribution in [0.5, 0.6) is 0 Å². The number of hydrogen-bond donors (Lipinski definition) is 3. The fourth-order valence-electron chi connectivity index (χ4n) is 4.99. The maximum atomic E-state index is 13.1. The van der Waals surface area contributed by atoms with Crippen molar-refractivity contribution in [1.82, 2.24) is 18.8 Å². The Morgan fingerprint density at radius 2 is 1.70 bits per heavy atom. The molecule has 186 valence electrons. The molecule has 0 aromatic carbocycles. The molecular formula is C21H36N6O5S. The molecule has 2 saturated heterocycles. The molecule has 2 aliphatic heterocycles. The predicted octanol–water partition coefficient (Wildman–Crippen LogP) is 0.584. The Labute approximate surface area is 195 Å². The van der Waals surface area contributed by atoms with Crippen LogP contribution in [0, 0.1) is 5.41 Å². The molecular weight excluding hydrogens is 448 g/mol. The lowest BCUT2D eigenvalue weighted by atomic mass is 9.73. The first-order chi connectivity index (χ1) is 15.2. The molecule has 2 heterocycles. The maximum absolute atomic E-state index is 13.1. The van der Waals surface area contributed by atoms with Crippen LogP contribution in [0.3, 0.4) is 0 Å². The molecule has 0 radical (unpaired) electrons. The molecule has 12 heteroatoms. The summed E-state index contributed by atoms with van der Waals surface area (Å²) < 4.78 is 29.1. The molecule has 0 spiro atoms. The Morgan fingerprint density at radius 1 is 1.09 bits per heavy atom. The summed E-state index contributed by atoms with van der Waals surface area (Å²) >= 11 is 0. The van der Waals surface area contributed by atoms with Crippen LogP contribution in [0.2, 0.25) is 0 Å². The van der Waals surface area contributed by atoms with Gasteiger partial charge in [-0.1, -0.05) is 20.3 Å². The van der Waals surface area contributed by atoms with Crippen LogP contribution in [0.1, 0.15) is 66.2 Å². The molecule has 1 aliphatic carbocycles. The maximum Gasteiger partial charge on any atom is 0.334 e. The quantitative estimate of drug-likeness (QED) is 0.367. The summed E-state index contributed by atoms with van der Waals surface area (Å²) in [5, 5.41) is 0. The van der Waals surface area contributed by atoms with E-state index in [4.69, 9.17) is 11.5 Å². The lowest BCUT2D eigenvalue weighted by Crippen LogP contribution is -2.61. The molecule has 4 amide bonds. The first kappa shape index (κ1) is 25.4. The Bertz CT molecular complexity index is 964. The van der Waals surface area contributed by atoms with E-state index in [0.717, 1.165) is 16.2 Å². The Hall–Kier alpha value is -2.18. The van der Waals surface area contributed by atoms with Crippen LogP contribution in [0.25, 0.3) is 0 Å². The van der Waals surface area contributed by atoms with Gasteiger partial charge < -0.3 is 11.5 Å². The van der Waals surface area contributed by atoms with Gasteiger partial charge in [-0.2, -0.15) is 17.4 Å². The zero-order valence-electron chi connectivity index (χ0n) is 19.9. The smallest absolute Gasteiger partial charge is 0.334 e. The second-order valence-corrected chi connectivity index (χ2v) is 12.1. The summed E-state index contributed by atoms with van der Waals surface area (Å²) in [5.74, 6) is -1.89. The number of unbranched alkanes of at least 4 members (excludes halogenated alkanes) is 1. The molecule has 0 aromatic heterocycles. The Kier molecular flexibility index (Phi) is 6.84. The first-order valence-corrected chi connectivity index (χ1v) is 12.9. The highest BCUT2D eigenvalue weighted by Gasteiger charge is 2.49. The molecule has 3 fully saturated rings. The van der Waals surface area contributed by atoms with Gasteiger partial charge >= 0.3 is 6.03 Å². The summed E-state index contributed by atoms with van der Waals surface area (Å²) in [6.45, 7) is 8.60. The zero-order chi connectivity index (χ0) is 24.8. The SMILES string of the molecule is CCCCN1C(=O)C(=C(N)N)C(=O)N(C2CCC(C)(CN3CC(C)(C)NS3(=O)=O)CC2)C1=O. The van der Waals surface area contributed by atoms with Crippen molar-refractivity contribution >= 4 is 28.1 Å². The zero-order valence-corrected chi connectivity index (χ0v) is 20.7. The van der Waals surface area contributed by atoms with E-state index in [0.29, 0.717) is 45.2 Å². The number of barbiturate groups is 1. The molecule has 0 aromatic rings. The summed E-state index contributed by atoms with van der Waals surface area (Å²) in [5.41, 5.74) is 10.1. The number of rotatable bonds is 6. The normalized spacial score (nSPS) is 30.2. The minimum absolute atomic E-state index is 0.189. The van der Waals surface area contributed by atoms with E-state index in [-0.39, 0.29) is 23.4 Å². The monoisotopic (exact) mass is 484 g/mol. The van der Waals surface area contributed by atoms with Gasteiger partial charge in [0, 0.05) is 31.2 Å². The predicted molar refractivity (Wildman–Crippen MR) is 122 cm³/mol. The number of carbonyl (C=O) groups excluding carboxylic acids is 3. The summed E-state index contributed by atoms with van der Waals surface area (Å²) in [6, 6.07) is -1.04. The number of nitrogens with zero attached hydrogens (tertiary/aromatic N) is 3. The number of carbonyl (C=O) groups is 3. The van der Waals surface area contributed by atoms with E-state index in [1.165, 1.54) is 4.31 Å². The molecule has 5 N–H and O–H groups in total. The van der Waals surface area contributed by atoms with Crippen molar-refractivity contribution in [3.63, 3.8) is 0 Å². The largest absolute Gasteiger partial charge is 0.385 e. The standard InChI is InChI=1S/C21H36N6O5S/c1-5-6-11-26-17(28)15(16(22)23)18(29)27(19(26)30)14-7-9-21(4,10-8-14)13-25-12-20(2,3)24-33(25,31)32/h14,24H,5-13,22-23H2,1-4H3. The highest BCUT2D eigenvalue weighted by atomic mass is 32.2. The van der Waals surface area contributed by atoms with Crippen molar-refractivity contribution < 1.29 is 22.8 Å². The van der Waals surface area contributed by atoms with Gasteiger partial charge in [0.25, 0.3) is 22.0 Å². The lowest BCUT2D eigenvalue weighted by Gasteiger charge is -2.44. The number of imide groups is 2. The molecule has 11 nitrogen and oxygen atoms in total. The van der Waals surface area contributed by atoms with Crippen LogP contribution in [0.15, 0.2) is 11.4 Å². The van der Waals surface area contributed by atoms with Gasteiger partial charge in [0.1, 0.15) is 11.4 Å². The summed E-state index contributed by atoms with van der Waals surface area (Å²) in [4.78, 5) is 41.1. The Balaban J connectivity index is 1.76. The van der Waals surface area contributed by atoms with Crippen LogP contribution in [0.4, 0.5) is 4.79 Å². The second-order valence-electron chi connectivity index (χ2n) is 10.4. The topological polar surface area (TPSA) is 159 Å². The average Bonchev–Trinajstić information content (AvgIpc) is 2.88. The van der Waals surface area contributed by atoms with E-state index in [2.05, 4.69) is 4.72 Å². The first-order valence-electron chi connectivity index (χ1n) is 11.4. The van der Waals surface area contributed by atoms with Gasteiger partial charge in [0.15, 0.2) is 0 Å². The van der Waals surface area contributed by atoms with E-state index >= 15 is 0 Å². The number of amides is 4. The van der Waals surface area contributed by atoms with E-state index in [1.54, 1.807) is 0 Å². The van der Waals surface area contributed by atoms with Crippen molar-refractivity contribution in [3.05, 3.63) is 11.4 Å². The Morgan fingerprint density at radius 3 is 2.18 bits per heavy atom. The highest BCUT2D eigenvalue weighted by Crippen LogP contribution is 2.41. The summed E-state index contributed by atoms with van der Waals surface area (Å²) in [7, 11) is -3.54. The summed E-state index contributed by atoms with van der Waals surface area (Å²) in [6.07, 6.45) is 3.64. The molecule has 0 unspecified atom stereocenters. The fourth-order valence-corrected chi connectivity index (χ4v) is 6.85. The van der Waals surface area contributed by atoms with Gasteiger partial charge in [-0.15, -0.1) is 0 Å². The minimum Gasteiger partial charge on any atom is -0.385 e. The van der Waals surface area contributed by atoms with Gasteiger partial charge in [0.05, 0.1) is 0 Å². The van der Waals surface area contributed by atoms with Gasteiger partial charge in [-0.05, 0) is 51.4 Å². The third-order valence-electron chi connectivity index (χ3n) is 6.75. The van der Waals surface area contributed by atoms with Crippen molar-refractivity contribution in [2.24, 2.45) is 16.9 Å². The van der Waals surface area contributed by atoms with Gasteiger partial charge in [-0.25, -0.2) is 4.79 Å². The van der Waals surface area contributed by atoms with Crippen molar-refractivity contribution in [2.75, 3.05) is 19.6 Å². The number of nitrogens with two attached hydrogens (primary N) is 2. The average molecular weight is 485 g/mol. The minimum atomic E-state index is -3.54. The number of hydrogen-bond acceptors (Lipinski definition) is 7. The van der Waals surface area contributed by atoms with Crippen LogP contribution >= 0.6 is 0 Å². The second kappa shape index (κ2) is 8.88. The third-order valence-corrected chi connectivity index (χ3v) is 8.50. The third kappa shape index (κ3) is 5.02. The van der Waals surface area contributed by atoms with E-state index in [1.807, 2.05) is 27.7 Å². The molecule has 0 bridgehead atoms. The van der Waals surface area contributed by atoms with Gasteiger partial charge in [0.2, 0.25) is 0 Å². The van der Waals surface area contributed by atoms with E-state index < -0.39 is 39.6 Å². The van der Waals surface area contributed by atoms with Crippen LogP contribution in [-0.4, -0.2) is 71.6 Å². The van der Waals surface area contributed by atoms with Crippen molar-refractivity contribution in [1.29, 1.82) is 0 Å². The van der Waals surface area contributed by atoms with Crippen LogP contribution in [-0.2, 0) is 19.8 Å². The molecule has 3 aliphatic rings. The van der Waals surface area contributed by atoms with Crippen molar-refractivity contribution in [3.8, 4) is 0 Å². The molecule has 1 saturated carbocycles. The number of urea groups is 1. The van der Waals surface area contributed by atoms with Gasteiger partial charge in [-0.3, -0.25) is 19.4 Å². The highest BCUT2D eigenvalue weighted by molar-refractivity contribution is 7.87. The van der Waals surface area contributed by atoms with E-state index in [9.17, 15) is 22.8 Å². The number of nitrogens with one attached hydrogen (secondary N) is 1.